The number of anilines is 1. The summed E-state index contributed by atoms with van der Waals surface area (Å²) in [5.41, 5.74) is 4.06. The summed E-state index contributed by atoms with van der Waals surface area (Å²) in [6.45, 7) is 4.88. The molecule has 1 saturated heterocycles. The largest absolute Gasteiger partial charge is 0.368 e. The van der Waals surface area contributed by atoms with Crippen LogP contribution in [0.15, 0.2) is 83.7 Å². The number of hydrogen-bond acceptors (Lipinski definition) is 4. The summed E-state index contributed by atoms with van der Waals surface area (Å²) < 4.78 is 0. The van der Waals surface area contributed by atoms with E-state index in [2.05, 4.69) is 51.2 Å². The van der Waals surface area contributed by atoms with Crippen LogP contribution in [0.1, 0.15) is 5.56 Å². The van der Waals surface area contributed by atoms with E-state index >= 15 is 0 Å². The Morgan fingerprint density at radius 3 is 2.33 bits per heavy atom. The molecule has 3 aromatic carbocycles. The second kappa shape index (κ2) is 8.13. The molecule has 0 aliphatic carbocycles. The minimum atomic E-state index is -0.0990. The number of H-pyrrole nitrogens is 1. The van der Waals surface area contributed by atoms with Gasteiger partial charge in [-0.05, 0) is 29.8 Å². The molecule has 0 unspecified atom stereocenters. The van der Waals surface area contributed by atoms with Crippen molar-refractivity contribution in [2.75, 3.05) is 31.1 Å². The molecule has 0 saturated carbocycles. The minimum absolute atomic E-state index is 0.0990. The third-order valence-electron chi connectivity index (χ3n) is 5.73. The van der Waals surface area contributed by atoms with E-state index in [9.17, 15) is 4.79 Å². The third-order valence-corrected chi connectivity index (χ3v) is 5.73. The van der Waals surface area contributed by atoms with E-state index in [0.717, 1.165) is 49.5 Å². The highest BCUT2D eigenvalue weighted by Gasteiger charge is 2.20. The van der Waals surface area contributed by atoms with Gasteiger partial charge >= 0.3 is 0 Å². The first-order valence-corrected chi connectivity index (χ1v) is 10.4. The van der Waals surface area contributed by atoms with Gasteiger partial charge in [-0.3, -0.25) is 9.69 Å². The molecule has 5 nitrogen and oxygen atoms in total. The molecule has 2 heterocycles. The molecule has 0 radical (unpaired) electrons. The van der Waals surface area contributed by atoms with Gasteiger partial charge in [0, 0.05) is 44.0 Å². The maximum absolute atomic E-state index is 12.6. The van der Waals surface area contributed by atoms with Crippen molar-refractivity contribution in [3.8, 4) is 11.4 Å². The maximum Gasteiger partial charge on any atom is 0.259 e. The Morgan fingerprint density at radius 1 is 0.800 bits per heavy atom. The van der Waals surface area contributed by atoms with Gasteiger partial charge in [-0.2, -0.15) is 0 Å². The predicted molar refractivity (Wildman–Crippen MR) is 122 cm³/mol. The maximum atomic E-state index is 12.6. The van der Waals surface area contributed by atoms with Crippen molar-refractivity contribution in [3.63, 3.8) is 0 Å². The van der Waals surface area contributed by atoms with Crippen LogP contribution in [-0.4, -0.2) is 41.0 Å². The van der Waals surface area contributed by atoms with Gasteiger partial charge in [0.1, 0.15) is 5.82 Å². The second-order valence-corrected chi connectivity index (χ2v) is 7.70. The Balaban J connectivity index is 1.39. The summed E-state index contributed by atoms with van der Waals surface area (Å²) in [5, 5.41) is 0.619. The highest BCUT2D eigenvalue weighted by atomic mass is 16.1. The summed E-state index contributed by atoms with van der Waals surface area (Å²) in [6.07, 6.45) is 0. The number of aromatic amines is 1. The Bertz CT molecular complexity index is 1210. The molecule has 5 rings (SSSR count). The number of rotatable bonds is 4. The zero-order chi connectivity index (χ0) is 20.3. The molecule has 1 fully saturated rings. The summed E-state index contributed by atoms with van der Waals surface area (Å²) >= 11 is 0. The van der Waals surface area contributed by atoms with E-state index in [-0.39, 0.29) is 5.56 Å². The highest BCUT2D eigenvalue weighted by molar-refractivity contribution is 5.82. The summed E-state index contributed by atoms with van der Waals surface area (Å²) in [7, 11) is 0. The average molecular weight is 396 g/mol. The van der Waals surface area contributed by atoms with Crippen LogP contribution in [-0.2, 0) is 6.54 Å². The lowest BCUT2D eigenvalue weighted by atomic mass is 10.1. The quantitative estimate of drug-likeness (QED) is 0.568. The molecule has 0 amide bonds. The average Bonchev–Trinajstić information content (AvgIpc) is 2.80. The molecule has 5 heteroatoms. The number of hydrogen-bond donors (Lipinski definition) is 1. The van der Waals surface area contributed by atoms with Crippen LogP contribution in [0.3, 0.4) is 0 Å². The first-order valence-electron chi connectivity index (χ1n) is 10.4. The van der Waals surface area contributed by atoms with Gasteiger partial charge in [0.05, 0.1) is 10.9 Å². The molecular formula is C25H24N4O. The molecule has 1 N–H and O–H groups in total. The van der Waals surface area contributed by atoms with Crippen LogP contribution in [0.2, 0.25) is 0 Å². The molecule has 0 atom stereocenters. The normalized spacial score (nSPS) is 14.9. The van der Waals surface area contributed by atoms with E-state index in [1.807, 2.05) is 42.5 Å². The number of nitrogens with one attached hydrogen (secondary N) is 1. The third kappa shape index (κ3) is 3.72. The Hall–Kier alpha value is -3.44. The first-order chi connectivity index (χ1) is 14.8. The Kier molecular flexibility index (Phi) is 5.03. The van der Waals surface area contributed by atoms with Gasteiger partial charge in [0.15, 0.2) is 0 Å². The van der Waals surface area contributed by atoms with E-state index in [1.54, 1.807) is 0 Å². The monoisotopic (exact) mass is 396 g/mol. The number of piperazine rings is 1. The smallest absolute Gasteiger partial charge is 0.259 e. The van der Waals surface area contributed by atoms with Gasteiger partial charge < -0.3 is 9.88 Å². The summed E-state index contributed by atoms with van der Waals surface area (Å²) in [5.74, 6) is 0.626. The van der Waals surface area contributed by atoms with Crippen LogP contribution in [0, 0.1) is 0 Å². The molecule has 4 aromatic rings. The molecule has 0 bridgehead atoms. The van der Waals surface area contributed by atoms with E-state index in [4.69, 9.17) is 4.98 Å². The van der Waals surface area contributed by atoms with Crippen molar-refractivity contribution in [2.45, 2.75) is 6.54 Å². The SMILES string of the molecule is O=c1[nH]c(-c2ccccc2N2CCN(Cc3ccccc3)CC2)nc2ccccc12. The molecule has 1 aromatic heterocycles. The van der Waals surface area contributed by atoms with Crippen molar-refractivity contribution >= 4 is 16.6 Å². The second-order valence-electron chi connectivity index (χ2n) is 7.70. The summed E-state index contributed by atoms with van der Waals surface area (Å²) in [4.78, 5) is 25.2. The lowest BCUT2D eigenvalue weighted by Gasteiger charge is -2.37. The van der Waals surface area contributed by atoms with Crippen molar-refractivity contribution < 1.29 is 0 Å². The zero-order valence-corrected chi connectivity index (χ0v) is 16.8. The van der Waals surface area contributed by atoms with E-state index in [1.165, 1.54) is 5.56 Å². The fraction of sp³-hybridized carbons (Fsp3) is 0.200. The van der Waals surface area contributed by atoms with Gasteiger partial charge in [-0.15, -0.1) is 0 Å². The van der Waals surface area contributed by atoms with Gasteiger partial charge in [0.2, 0.25) is 0 Å². The molecule has 150 valence electrons. The van der Waals surface area contributed by atoms with Crippen molar-refractivity contribution in [1.29, 1.82) is 0 Å². The topological polar surface area (TPSA) is 52.2 Å². The lowest BCUT2D eigenvalue weighted by Crippen LogP contribution is -2.46. The summed E-state index contributed by atoms with van der Waals surface area (Å²) in [6, 6.07) is 26.3. The fourth-order valence-corrected chi connectivity index (χ4v) is 4.15. The molecule has 1 aliphatic rings. The van der Waals surface area contributed by atoms with Gasteiger partial charge in [-0.25, -0.2) is 4.98 Å². The van der Waals surface area contributed by atoms with E-state index in [0.29, 0.717) is 11.2 Å². The number of aromatic nitrogens is 2. The Labute approximate surface area is 175 Å². The lowest BCUT2D eigenvalue weighted by molar-refractivity contribution is 0.250. The fourth-order valence-electron chi connectivity index (χ4n) is 4.15. The number of fused-ring (bicyclic) bond motifs is 1. The van der Waals surface area contributed by atoms with Crippen LogP contribution >= 0.6 is 0 Å². The number of para-hydroxylation sites is 2. The predicted octanol–water partition coefficient (Wildman–Crippen LogP) is 3.91. The standard InChI is InChI=1S/C25H24N4O/c30-25-20-10-4-6-12-22(20)26-24(27-25)21-11-5-7-13-23(21)29-16-14-28(15-17-29)18-19-8-2-1-3-9-19/h1-13H,14-18H2,(H,26,27,30). The van der Waals surface area contributed by atoms with Crippen LogP contribution in [0.5, 0.6) is 0 Å². The van der Waals surface area contributed by atoms with Gasteiger partial charge in [0.25, 0.3) is 5.56 Å². The Morgan fingerprint density at radius 2 is 1.50 bits per heavy atom. The first kappa shape index (κ1) is 18.6. The number of nitrogens with zero attached hydrogens (tertiary/aromatic N) is 3. The molecule has 30 heavy (non-hydrogen) atoms. The molecule has 0 spiro atoms. The van der Waals surface area contributed by atoms with Gasteiger partial charge in [-0.1, -0.05) is 54.6 Å². The highest BCUT2D eigenvalue weighted by Crippen LogP contribution is 2.29. The molecular weight excluding hydrogens is 372 g/mol. The van der Waals surface area contributed by atoms with Crippen LogP contribution < -0.4 is 10.5 Å². The zero-order valence-electron chi connectivity index (χ0n) is 16.8. The van der Waals surface area contributed by atoms with Crippen LogP contribution in [0.4, 0.5) is 5.69 Å². The van der Waals surface area contributed by atoms with Crippen molar-refractivity contribution in [1.82, 2.24) is 14.9 Å². The number of benzene rings is 3. The minimum Gasteiger partial charge on any atom is -0.368 e. The van der Waals surface area contributed by atoms with E-state index < -0.39 is 0 Å². The van der Waals surface area contributed by atoms with Crippen molar-refractivity contribution in [2.24, 2.45) is 0 Å². The van der Waals surface area contributed by atoms with Crippen LogP contribution in [0.25, 0.3) is 22.3 Å². The molecule has 1 aliphatic heterocycles. The van der Waals surface area contributed by atoms with Crippen molar-refractivity contribution in [3.05, 3.63) is 94.8 Å².